The van der Waals surface area contributed by atoms with Gasteiger partial charge < -0.3 is 10.4 Å². The molecule has 1 amide bonds. The second-order valence-corrected chi connectivity index (χ2v) is 5.39. The Hall–Kier alpha value is -1.49. The highest BCUT2D eigenvalue weighted by atomic mass is 32.2. The van der Waals surface area contributed by atoms with E-state index in [0.717, 1.165) is 24.2 Å². The largest absolute Gasteiger partial charge is 0.478 e. The van der Waals surface area contributed by atoms with Gasteiger partial charge in [0, 0.05) is 5.69 Å². The monoisotopic (exact) mass is 281 g/mol. The van der Waals surface area contributed by atoms with Crippen LogP contribution in [0, 0.1) is 6.92 Å². The lowest BCUT2D eigenvalue weighted by atomic mass is 10.1. The molecule has 1 aromatic rings. The number of anilines is 1. The van der Waals surface area contributed by atoms with Crippen LogP contribution in [-0.4, -0.2) is 28.5 Å². The molecule has 1 rings (SSSR count). The Morgan fingerprint density at radius 1 is 1.37 bits per heavy atom. The molecule has 0 spiro atoms. The minimum absolute atomic E-state index is 0.0488. The summed E-state index contributed by atoms with van der Waals surface area (Å²) in [5.74, 6) is 0.407. The molecule has 1 aromatic carbocycles. The SMILES string of the molecule is CCCCSCC(=O)Nc1ccc(C(=O)O)cc1C. The molecule has 4 nitrogen and oxygen atoms in total. The highest BCUT2D eigenvalue weighted by Gasteiger charge is 2.08. The molecule has 0 aliphatic rings. The van der Waals surface area contributed by atoms with Crippen molar-refractivity contribution >= 4 is 29.3 Å². The number of hydrogen-bond donors (Lipinski definition) is 2. The molecule has 0 saturated carbocycles. The van der Waals surface area contributed by atoms with Crippen molar-refractivity contribution in [2.75, 3.05) is 16.8 Å². The number of carbonyl (C=O) groups excluding carboxylic acids is 1. The van der Waals surface area contributed by atoms with Crippen molar-refractivity contribution in [1.29, 1.82) is 0 Å². The van der Waals surface area contributed by atoms with Crippen molar-refractivity contribution < 1.29 is 14.7 Å². The number of carboxylic acids is 1. The van der Waals surface area contributed by atoms with Gasteiger partial charge in [0.15, 0.2) is 0 Å². The molecule has 0 aliphatic carbocycles. The Kier molecular flexibility index (Phi) is 6.42. The Morgan fingerprint density at radius 2 is 2.11 bits per heavy atom. The van der Waals surface area contributed by atoms with E-state index >= 15 is 0 Å². The molecule has 0 radical (unpaired) electrons. The normalized spacial score (nSPS) is 10.2. The number of aromatic carboxylic acids is 1. The molecule has 0 aliphatic heterocycles. The Morgan fingerprint density at radius 3 is 2.68 bits per heavy atom. The summed E-state index contributed by atoms with van der Waals surface area (Å²) in [6.07, 6.45) is 2.24. The maximum absolute atomic E-state index is 11.7. The van der Waals surface area contributed by atoms with Gasteiger partial charge in [-0.15, -0.1) is 0 Å². The smallest absolute Gasteiger partial charge is 0.335 e. The van der Waals surface area contributed by atoms with Gasteiger partial charge in [0.2, 0.25) is 5.91 Å². The fourth-order valence-electron chi connectivity index (χ4n) is 1.53. The van der Waals surface area contributed by atoms with Crippen molar-refractivity contribution in [3.63, 3.8) is 0 Å². The van der Waals surface area contributed by atoms with Crippen molar-refractivity contribution in [2.45, 2.75) is 26.7 Å². The maximum atomic E-state index is 11.7. The number of hydrogen-bond acceptors (Lipinski definition) is 3. The minimum atomic E-state index is -0.962. The first-order valence-corrected chi connectivity index (χ1v) is 7.41. The van der Waals surface area contributed by atoms with Gasteiger partial charge >= 0.3 is 5.97 Å². The van der Waals surface area contributed by atoms with Crippen LogP contribution < -0.4 is 5.32 Å². The molecule has 0 unspecified atom stereocenters. The third-order valence-electron chi connectivity index (χ3n) is 2.62. The zero-order chi connectivity index (χ0) is 14.3. The van der Waals surface area contributed by atoms with Crippen molar-refractivity contribution in [3.05, 3.63) is 29.3 Å². The fourth-order valence-corrected chi connectivity index (χ4v) is 2.43. The van der Waals surface area contributed by atoms with Gasteiger partial charge in [0.25, 0.3) is 0 Å². The van der Waals surface area contributed by atoms with Crippen LogP contribution in [-0.2, 0) is 4.79 Å². The third-order valence-corrected chi connectivity index (χ3v) is 3.67. The van der Waals surface area contributed by atoms with E-state index in [-0.39, 0.29) is 11.5 Å². The van der Waals surface area contributed by atoms with Gasteiger partial charge in [0.1, 0.15) is 0 Å². The number of thioether (sulfide) groups is 1. The number of nitrogens with one attached hydrogen (secondary N) is 1. The van der Waals surface area contributed by atoms with Gasteiger partial charge in [-0.3, -0.25) is 4.79 Å². The summed E-state index contributed by atoms with van der Waals surface area (Å²) in [5, 5.41) is 11.7. The van der Waals surface area contributed by atoms with E-state index in [2.05, 4.69) is 12.2 Å². The number of carbonyl (C=O) groups is 2. The summed E-state index contributed by atoms with van der Waals surface area (Å²) in [6.45, 7) is 3.90. The summed E-state index contributed by atoms with van der Waals surface area (Å²) >= 11 is 1.61. The van der Waals surface area contributed by atoms with E-state index < -0.39 is 5.97 Å². The number of carboxylic acid groups (broad SMARTS) is 1. The average Bonchev–Trinajstić information content (AvgIpc) is 2.37. The summed E-state index contributed by atoms with van der Waals surface area (Å²) in [5.41, 5.74) is 1.66. The Bertz CT molecular complexity index is 460. The van der Waals surface area contributed by atoms with Gasteiger partial charge in [0.05, 0.1) is 11.3 Å². The summed E-state index contributed by atoms with van der Waals surface area (Å²) in [4.78, 5) is 22.5. The molecule has 5 heteroatoms. The van der Waals surface area contributed by atoms with Crippen molar-refractivity contribution in [1.82, 2.24) is 0 Å². The molecule has 0 fully saturated rings. The predicted molar refractivity (Wildman–Crippen MR) is 79.0 cm³/mol. The van der Waals surface area contributed by atoms with Crippen LogP contribution >= 0.6 is 11.8 Å². The average molecular weight is 281 g/mol. The highest BCUT2D eigenvalue weighted by Crippen LogP contribution is 2.17. The van der Waals surface area contributed by atoms with E-state index in [1.807, 2.05) is 0 Å². The molecule has 0 atom stereocenters. The van der Waals surface area contributed by atoms with Gasteiger partial charge in [-0.1, -0.05) is 13.3 Å². The zero-order valence-electron chi connectivity index (χ0n) is 11.2. The van der Waals surface area contributed by atoms with Crippen molar-refractivity contribution in [2.24, 2.45) is 0 Å². The molecule has 2 N–H and O–H groups in total. The second-order valence-electron chi connectivity index (χ2n) is 4.29. The molecule has 0 bridgehead atoms. The van der Waals surface area contributed by atoms with Crippen LogP contribution in [0.3, 0.4) is 0 Å². The lowest BCUT2D eigenvalue weighted by Crippen LogP contribution is -2.15. The first kappa shape index (κ1) is 15.6. The number of unbranched alkanes of at least 4 members (excludes halogenated alkanes) is 1. The first-order chi connectivity index (χ1) is 9.04. The van der Waals surface area contributed by atoms with E-state index in [0.29, 0.717) is 11.4 Å². The standard InChI is InChI=1S/C14H19NO3S/c1-3-4-7-19-9-13(16)15-12-6-5-11(14(17)18)8-10(12)2/h5-6,8H,3-4,7,9H2,1-2H3,(H,15,16)(H,17,18). The van der Waals surface area contributed by atoms with Gasteiger partial charge in [-0.25, -0.2) is 4.79 Å². The summed E-state index contributed by atoms with van der Waals surface area (Å²) in [6, 6.07) is 4.69. The molecule has 19 heavy (non-hydrogen) atoms. The first-order valence-electron chi connectivity index (χ1n) is 6.26. The predicted octanol–water partition coefficient (Wildman–Crippen LogP) is 3.17. The maximum Gasteiger partial charge on any atom is 0.335 e. The van der Waals surface area contributed by atoms with Crippen LogP contribution in [0.25, 0.3) is 0 Å². The van der Waals surface area contributed by atoms with Crippen LogP contribution in [0.2, 0.25) is 0 Å². The highest BCUT2D eigenvalue weighted by molar-refractivity contribution is 7.99. The third kappa shape index (κ3) is 5.34. The van der Waals surface area contributed by atoms with Crippen molar-refractivity contribution in [3.8, 4) is 0 Å². The number of aryl methyl sites for hydroxylation is 1. The Balaban J connectivity index is 2.52. The van der Waals surface area contributed by atoms with Gasteiger partial charge in [-0.05, 0) is 42.9 Å². The number of benzene rings is 1. The molecule has 0 aromatic heterocycles. The molecule has 0 saturated heterocycles. The number of rotatable bonds is 7. The fraction of sp³-hybridized carbons (Fsp3) is 0.429. The lowest BCUT2D eigenvalue weighted by molar-refractivity contribution is -0.113. The summed E-state index contributed by atoms with van der Waals surface area (Å²) in [7, 11) is 0. The molecular weight excluding hydrogens is 262 g/mol. The van der Waals surface area contributed by atoms with E-state index in [4.69, 9.17) is 5.11 Å². The van der Waals surface area contributed by atoms with E-state index in [1.54, 1.807) is 30.8 Å². The summed E-state index contributed by atoms with van der Waals surface area (Å²) < 4.78 is 0. The van der Waals surface area contributed by atoms with E-state index in [9.17, 15) is 9.59 Å². The van der Waals surface area contributed by atoms with Gasteiger partial charge in [-0.2, -0.15) is 11.8 Å². The topological polar surface area (TPSA) is 66.4 Å². The zero-order valence-corrected chi connectivity index (χ0v) is 12.0. The van der Waals surface area contributed by atoms with E-state index in [1.165, 1.54) is 6.07 Å². The molecular formula is C14H19NO3S. The number of amides is 1. The Labute approximate surface area is 117 Å². The van der Waals surface area contributed by atoms with Crippen LogP contribution in [0.1, 0.15) is 35.7 Å². The minimum Gasteiger partial charge on any atom is -0.478 e. The molecule has 104 valence electrons. The van der Waals surface area contributed by atoms with Crippen LogP contribution in [0.5, 0.6) is 0 Å². The second kappa shape index (κ2) is 7.84. The molecule has 0 heterocycles. The van der Waals surface area contributed by atoms with Crippen LogP contribution in [0.4, 0.5) is 5.69 Å². The quantitative estimate of drug-likeness (QED) is 0.753. The van der Waals surface area contributed by atoms with Crippen LogP contribution in [0.15, 0.2) is 18.2 Å². The lowest BCUT2D eigenvalue weighted by Gasteiger charge is -2.09.